The summed E-state index contributed by atoms with van der Waals surface area (Å²) in [6, 6.07) is 1.49. The second kappa shape index (κ2) is 3.36. The Kier molecular flexibility index (Phi) is 2.46. The first-order valence-corrected chi connectivity index (χ1v) is 3.09. The molecule has 0 spiro atoms. The molecule has 0 aliphatic carbocycles. The van der Waals surface area contributed by atoms with E-state index in [1.54, 1.807) is 0 Å². The molecule has 0 fully saturated rings. The van der Waals surface area contributed by atoms with Crippen LogP contribution in [0.3, 0.4) is 0 Å². The van der Waals surface area contributed by atoms with Crippen molar-refractivity contribution in [2.24, 2.45) is 0 Å². The van der Waals surface area contributed by atoms with Crippen LogP contribution >= 0.6 is 0 Å². The topological polar surface area (TPSA) is 62.6 Å². The van der Waals surface area contributed by atoms with Gasteiger partial charge in [0.2, 0.25) is 0 Å². The van der Waals surface area contributed by atoms with Gasteiger partial charge in [-0.05, 0) is 6.07 Å². The van der Waals surface area contributed by atoms with Crippen LogP contribution in [0, 0.1) is 0 Å². The van der Waals surface area contributed by atoms with E-state index in [1.807, 2.05) is 0 Å². The molecule has 11 heavy (non-hydrogen) atoms. The highest BCUT2D eigenvalue weighted by Crippen LogP contribution is 2.02. The van der Waals surface area contributed by atoms with Crippen LogP contribution in [0.1, 0.15) is 0 Å². The Morgan fingerprint density at radius 2 is 2.27 bits per heavy atom. The molecule has 58 valence electrons. The number of rotatable bonds is 2. The normalized spacial score (nSPS) is 9.36. The zero-order valence-corrected chi connectivity index (χ0v) is 6.06. The monoisotopic (exact) mass is 153 g/mol. The van der Waals surface area contributed by atoms with E-state index in [0.29, 0.717) is 11.2 Å². The molecule has 0 aliphatic rings. The van der Waals surface area contributed by atoms with Crippen LogP contribution < -0.4 is 10.2 Å². The van der Waals surface area contributed by atoms with Gasteiger partial charge in [0.1, 0.15) is 5.75 Å². The van der Waals surface area contributed by atoms with E-state index in [0.717, 1.165) is 0 Å². The van der Waals surface area contributed by atoms with Crippen molar-refractivity contribution >= 4 is 12.6 Å². The van der Waals surface area contributed by atoms with Crippen molar-refractivity contribution in [2.75, 3.05) is 7.11 Å². The SMILES string of the molecule is COc1cnccc1B(O)O. The molecule has 1 aromatic rings. The van der Waals surface area contributed by atoms with Crippen molar-refractivity contribution in [1.29, 1.82) is 0 Å². The molecular formula is C6H8BNO3. The molecule has 4 nitrogen and oxygen atoms in total. The van der Waals surface area contributed by atoms with Gasteiger partial charge in [-0.1, -0.05) is 0 Å². The average molecular weight is 153 g/mol. The predicted molar refractivity (Wildman–Crippen MR) is 40.6 cm³/mol. The number of ether oxygens (including phenoxy) is 1. The molecule has 1 aromatic heterocycles. The molecule has 5 heteroatoms. The maximum Gasteiger partial charge on any atom is 0.492 e. The summed E-state index contributed by atoms with van der Waals surface area (Å²) in [4.78, 5) is 3.75. The van der Waals surface area contributed by atoms with Crippen molar-refractivity contribution in [1.82, 2.24) is 4.98 Å². The highest BCUT2D eigenvalue weighted by molar-refractivity contribution is 6.59. The van der Waals surface area contributed by atoms with Gasteiger partial charge in [-0.15, -0.1) is 0 Å². The second-order valence-corrected chi connectivity index (χ2v) is 1.99. The Bertz CT molecular complexity index is 241. The van der Waals surface area contributed by atoms with E-state index in [2.05, 4.69) is 4.98 Å². The van der Waals surface area contributed by atoms with Crippen molar-refractivity contribution < 1.29 is 14.8 Å². The van der Waals surface area contributed by atoms with Crippen LogP contribution in [-0.2, 0) is 0 Å². The Morgan fingerprint density at radius 3 is 2.73 bits per heavy atom. The average Bonchev–Trinajstić information content (AvgIpc) is 2.04. The third-order valence-electron chi connectivity index (χ3n) is 1.31. The lowest BCUT2D eigenvalue weighted by Gasteiger charge is -2.04. The second-order valence-electron chi connectivity index (χ2n) is 1.99. The number of pyridine rings is 1. The fourth-order valence-electron chi connectivity index (χ4n) is 0.775. The number of methoxy groups -OCH3 is 1. The van der Waals surface area contributed by atoms with Gasteiger partial charge >= 0.3 is 7.12 Å². The smallest absolute Gasteiger partial charge is 0.492 e. The summed E-state index contributed by atoms with van der Waals surface area (Å²) in [5, 5.41) is 17.6. The first kappa shape index (κ1) is 8.04. The quantitative estimate of drug-likeness (QED) is 0.522. The first-order valence-electron chi connectivity index (χ1n) is 3.09. The van der Waals surface area contributed by atoms with Gasteiger partial charge in [0.05, 0.1) is 13.3 Å². The van der Waals surface area contributed by atoms with Crippen molar-refractivity contribution in [2.45, 2.75) is 0 Å². The van der Waals surface area contributed by atoms with Gasteiger partial charge in [0.15, 0.2) is 0 Å². The summed E-state index contributed by atoms with van der Waals surface area (Å²) < 4.78 is 4.82. The summed E-state index contributed by atoms with van der Waals surface area (Å²) in [6.07, 6.45) is 2.89. The summed E-state index contributed by atoms with van der Waals surface area (Å²) in [6.45, 7) is 0. The van der Waals surface area contributed by atoms with Crippen LogP contribution in [0.25, 0.3) is 0 Å². The van der Waals surface area contributed by atoms with Crippen LogP contribution in [0.5, 0.6) is 5.75 Å². The van der Waals surface area contributed by atoms with Gasteiger partial charge in [-0.3, -0.25) is 4.98 Å². The molecule has 2 N–H and O–H groups in total. The maximum atomic E-state index is 8.78. The highest BCUT2D eigenvalue weighted by atomic mass is 16.5. The largest absolute Gasteiger partial charge is 0.496 e. The first-order chi connectivity index (χ1) is 5.25. The molecular weight excluding hydrogens is 145 g/mol. The fraction of sp³-hybridized carbons (Fsp3) is 0.167. The standard InChI is InChI=1S/C6H8BNO3/c1-11-6-4-8-3-2-5(6)7(9)10/h2-4,9-10H,1H3. The minimum Gasteiger partial charge on any atom is -0.496 e. The zero-order chi connectivity index (χ0) is 8.27. The molecule has 0 unspecified atom stereocenters. The number of hydrogen-bond donors (Lipinski definition) is 2. The molecule has 0 aromatic carbocycles. The summed E-state index contributed by atoms with van der Waals surface area (Å²) in [7, 11) is -0.0592. The molecule has 1 heterocycles. The molecule has 0 saturated heterocycles. The molecule has 0 aliphatic heterocycles. The lowest BCUT2D eigenvalue weighted by molar-refractivity contribution is 0.402. The number of aromatic nitrogens is 1. The van der Waals surface area contributed by atoms with Crippen LogP contribution in [-0.4, -0.2) is 29.3 Å². The van der Waals surface area contributed by atoms with Gasteiger partial charge in [0, 0.05) is 11.7 Å². The van der Waals surface area contributed by atoms with Crippen molar-refractivity contribution in [3.8, 4) is 5.75 Å². The van der Waals surface area contributed by atoms with Crippen molar-refractivity contribution in [3.63, 3.8) is 0 Å². The Labute approximate surface area is 64.6 Å². The molecule has 0 amide bonds. The van der Waals surface area contributed by atoms with Crippen LogP contribution in [0.15, 0.2) is 18.5 Å². The summed E-state index contributed by atoms with van der Waals surface area (Å²) in [5.74, 6) is 0.377. The minimum atomic E-state index is -1.51. The third-order valence-corrected chi connectivity index (χ3v) is 1.31. The van der Waals surface area contributed by atoms with Gasteiger partial charge in [0.25, 0.3) is 0 Å². The van der Waals surface area contributed by atoms with Gasteiger partial charge < -0.3 is 14.8 Å². The predicted octanol–water partition coefficient (Wildman–Crippen LogP) is -1.23. The summed E-state index contributed by atoms with van der Waals surface area (Å²) in [5.41, 5.74) is 0.322. The fourth-order valence-corrected chi connectivity index (χ4v) is 0.775. The molecule has 0 radical (unpaired) electrons. The van der Waals surface area contributed by atoms with E-state index < -0.39 is 7.12 Å². The molecule has 0 atom stereocenters. The number of nitrogens with zero attached hydrogens (tertiary/aromatic N) is 1. The Morgan fingerprint density at radius 1 is 1.55 bits per heavy atom. The van der Waals surface area contributed by atoms with Crippen molar-refractivity contribution in [3.05, 3.63) is 18.5 Å². The van der Waals surface area contributed by atoms with Gasteiger partial charge in [-0.2, -0.15) is 0 Å². The Balaban J connectivity index is 3.02. The Hall–Kier alpha value is -1.07. The molecule has 0 bridgehead atoms. The molecule has 1 rings (SSSR count). The van der Waals surface area contributed by atoms with Crippen LogP contribution in [0.2, 0.25) is 0 Å². The minimum absolute atomic E-state index is 0.322. The summed E-state index contributed by atoms with van der Waals surface area (Å²) >= 11 is 0. The zero-order valence-electron chi connectivity index (χ0n) is 6.06. The number of hydrogen-bond acceptors (Lipinski definition) is 4. The maximum absolute atomic E-state index is 8.78. The van der Waals surface area contributed by atoms with E-state index >= 15 is 0 Å². The molecule has 0 saturated carbocycles. The van der Waals surface area contributed by atoms with E-state index in [1.165, 1.54) is 25.6 Å². The lowest BCUT2D eigenvalue weighted by atomic mass is 9.80. The van der Waals surface area contributed by atoms with Gasteiger partial charge in [-0.25, -0.2) is 0 Å². The lowest BCUT2D eigenvalue weighted by Crippen LogP contribution is -2.31. The highest BCUT2D eigenvalue weighted by Gasteiger charge is 2.15. The third kappa shape index (κ3) is 1.69. The van der Waals surface area contributed by atoms with E-state index in [4.69, 9.17) is 14.8 Å². The van der Waals surface area contributed by atoms with E-state index in [9.17, 15) is 0 Å². The van der Waals surface area contributed by atoms with Crippen LogP contribution in [0.4, 0.5) is 0 Å². The van der Waals surface area contributed by atoms with E-state index in [-0.39, 0.29) is 0 Å².